The highest BCUT2D eigenvalue weighted by atomic mass is 19.1. The van der Waals surface area contributed by atoms with E-state index in [0.29, 0.717) is 17.7 Å². The van der Waals surface area contributed by atoms with Crippen LogP contribution >= 0.6 is 0 Å². The molecule has 6 nitrogen and oxygen atoms in total. The predicted octanol–water partition coefficient (Wildman–Crippen LogP) is 2.52. The standard InChI is InChI=1S/C18H23F2N3O3/c1-4-14-16(17(24)26-5-2)15(23-18(25)22-14)9-21-10(3)12-7-6-11(19)8-13(12)20/h6-8,10,14,21H,4-5,9H2,1-3H3,(H2,22,23,25)/t10-,14-/m0/s1. The number of hydrogen-bond donors (Lipinski definition) is 3. The number of urea groups is 1. The van der Waals surface area contributed by atoms with Crippen LogP contribution in [0.25, 0.3) is 0 Å². The van der Waals surface area contributed by atoms with Crippen LogP contribution < -0.4 is 16.0 Å². The largest absolute Gasteiger partial charge is 0.463 e. The van der Waals surface area contributed by atoms with Gasteiger partial charge in [-0.15, -0.1) is 0 Å². The first-order valence-electron chi connectivity index (χ1n) is 8.53. The Morgan fingerprint density at radius 1 is 1.35 bits per heavy atom. The highest BCUT2D eigenvalue weighted by molar-refractivity contribution is 5.94. The maximum atomic E-state index is 13.9. The molecule has 0 aliphatic carbocycles. The minimum Gasteiger partial charge on any atom is -0.463 e. The summed E-state index contributed by atoms with van der Waals surface area (Å²) >= 11 is 0. The maximum Gasteiger partial charge on any atom is 0.337 e. The number of carbonyl (C=O) groups excluding carboxylic acids is 2. The number of ether oxygens (including phenoxy) is 1. The lowest BCUT2D eigenvalue weighted by Gasteiger charge is -2.29. The van der Waals surface area contributed by atoms with Gasteiger partial charge in [0.2, 0.25) is 0 Å². The lowest BCUT2D eigenvalue weighted by atomic mass is 9.99. The Hall–Kier alpha value is -2.48. The molecule has 1 aromatic rings. The SMILES string of the molecule is CCOC(=O)C1=C(CN[C@@H](C)c2ccc(F)cc2F)NC(=O)N[C@H]1CC. The molecule has 1 aliphatic heterocycles. The first-order chi connectivity index (χ1) is 12.4. The molecule has 0 saturated carbocycles. The second-order valence-electron chi connectivity index (χ2n) is 5.94. The summed E-state index contributed by atoms with van der Waals surface area (Å²) in [5.74, 6) is -1.82. The molecule has 1 aromatic carbocycles. The number of esters is 1. The molecular weight excluding hydrogens is 344 g/mol. The fourth-order valence-corrected chi connectivity index (χ4v) is 2.82. The van der Waals surface area contributed by atoms with Crippen molar-refractivity contribution in [3.63, 3.8) is 0 Å². The third-order valence-electron chi connectivity index (χ3n) is 4.16. The molecule has 0 spiro atoms. The average molecular weight is 367 g/mol. The zero-order chi connectivity index (χ0) is 19.3. The van der Waals surface area contributed by atoms with Gasteiger partial charge in [-0.2, -0.15) is 0 Å². The Labute approximate surface area is 151 Å². The Balaban J connectivity index is 2.21. The molecule has 1 heterocycles. The van der Waals surface area contributed by atoms with E-state index in [-0.39, 0.29) is 18.7 Å². The van der Waals surface area contributed by atoms with Crippen molar-refractivity contribution in [2.45, 2.75) is 39.3 Å². The van der Waals surface area contributed by atoms with Crippen molar-refractivity contribution in [3.05, 3.63) is 46.7 Å². The van der Waals surface area contributed by atoms with Gasteiger partial charge in [-0.3, -0.25) is 0 Å². The van der Waals surface area contributed by atoms with E-state index in [4.69, 9.17) is 4.74 Å². The van der Waals surface area contributed by atoms with Crippen LogP contribution in [0.4, 0.5) is 13.6 Å². The van der Waals surface area contributed by atoms with Crippen LogP contribution in [0.15, 0.2) is 29.5 Å². The summed E-state index contributed by atoms with van der Waals surface area (Å²) in [6.45, 7) is 5.59. The summed E-state index contributed by atoms with van der Waals surface area (Å²) in [6.07, 6.45) is 0.521. The lowest BCUT2D eigenvalue weighted by molar-refractivity contribution is -0.139. The summed E-state index contributed by atoms with van der Waals surface area (Å²) in [5.41, 5.74) is 1.01. The van der Waals surface area contributed by atoms with Gasteiger partial charge in [0.25, 0.3) is 0 Å². The number of rotatable bonds is 7. The fourth-order valence-electron chi connectivity index (χ4n) is 2.82. The van der Waals surface area contributed by atoms with Gasteiger partial charge >= 0.3 is 12.0 Å². The van der Waals surface area contributed by atoms with E-state index in [1.54, 1.807) is 13.8 Å². The molecule has 0 bridgehead atoms. The smallest absolute Gasteiger partial charge is 0.337 e. The van der Waals surface area contributed by atoms with Crippen molar-refractivity contribution in [3.8, 4) is 0 Å². The highest BCUT2D eigenvalue weighted by Gasteiger charge is 2.31. The van der Waals surface area contributed by atoms with Crippen molar-refractivity contribution in [2.75, 3.05) is 13.2 Å². The number of halogens is 2. The van der Waals surface area contributed by atoms with Crippen molar-refractivity contribution in [2.24, 2.45) is 0 Å². The summed E-state index contributed by atoms with van der Waals surface area (Å²) in [4.78, 5) is 24.1. The van der Waals surface area contributed by atoms with Gasteiger partial charge in [0.1, 0.15) is 11.6 Å². The molecule has 0 aromatic heterocycles. The number of hydrogen-bond acceptors (Lipinski definition) is 4. The summed E-state index contributed by atoms with van der Waals surface area (Å²) in [6, 6.07) is 2.02. The third kappa shape index (κ3) is 4.57. The Bertz CT molecular complexity index is 722. The fraction of sp³-hybridized carbons (Fsp3) is 0.444. The van der Waals surface area contributed by atoms with Gasteiger partial charge in [-0.1, -0.05) is 13.0 Å². The zero-order valence-electron chi connectivity index (χ0n) is 15.0. The number of benzene rings is 1. The van der Waals surface area contributed by atoms with E-state index in [1.165, 1.54) is 12.1 Å². The first-order valence-corrected chi connectivity index (χ1v) is 8.53. The lowest BCUT2D eigenvalue weighted by Crippen LogP contribution is -2.52. The monoisotopic (exact) mass is 367 g/mol. The van der Waals surface area contributed by atoms with E-state index in [1.807, 2.05) is 6.92 Å². The van der Waals surface area contributed by atoms with E-state index in [2.05, 4.69) is 16.0 Å². The van der Waals surface area contributed by atoms with Crippen LogP contribution in [0.1, 0.15) is 38.8 Å². The van der Waals surface area contributed by atoms with Crippen molar-refractivity contribution in [1.29, 1.82) is 0 Å². The quantitative estimate of drug-likeness (QED) is 0.647. The molecule has 0 saturated heterocycles. The second kappa shape index (κ2) is 8.75. The maximum absolute atomic E-state index is 13.9. The molecule has 2 atom stereocenters. The molecule has 8 heteroatoms. The third-order valence-corrected chi connectivity index (χ3v) is 4.16. The van der Waals surface area contributed by atoms with Crippen LogP contribution in [0.2, 0.25) is 0 Å². The predicted molar refractivity (Wildman–Crippen MR) is 92.2 cm³/mol. The van der Waals surface area contributed by atoms with E-state index < -0.39 is 35.7 Å². The van der Waals surface area contributed by atoms with Gasteiger partial charge < -0.3 is 20.7 Å². The van der Waals surface area contributed by atoms with Crippen molar-refractivity contribution >= 4 is 12.0 Å². The molecule has 0 unspecified atom stereocenters. The number of carbonyl (C=O) groups is 2. The molecule has 2 rings (SSSR count). The van der Waals surface area contributed by atoms with Crippen LogP contribution in [0, 0.1) is 11.6 Å². The zero-order valence-corrected chi connectivity index (χ0v) is 15.0. The van der Waals surface area contributed by atoms with Gasteiger partial charge in [0, 0.05) is 29.9 Å². The van der Waals surface area contributed by atoms with E-state index in [0.717, 1.165) is 6.07 Å². The number of nitrogens with one attached hydrogen (secondary N) is 3. The summed E-state index contributed by atoms with van der Waals surface area (Å²) in [5, 5.41) is 8.35. The van der Waals surface area contributed by atoms with Crippen LogP contribution in [-0.2, 0) is 9.53 Å². The summed E-state index contributed by atoms with van der Waals surface area (Å²) < 4.78 is 32.0. The van der Waals surface area contributed by atoms with Gasteiger partial charge in [0.05, 0.1) is 18.2 Å². The van der Waals surface area contributed by atoms with E-state index >= 15 is 0 Å². The Morgan fingerprint density at radius 3 is 2.69 bits per heavy atom. The van der Waals surface area contributed by atoms with Crippen molar-refractivity contribution < 1.29 is 23.1 Å². The molecule has 26 heavy (non-hydrogen) atoms. The van der Waals surface area contributed by atoms with Crippen molar-refractivity contribution in [1.82, 2.24) is 16.0 Å². The Kier molecular flexibility index (Phi) is 6.68. The number of amides is 2. The molecule has 3 N–H and O–H groups in total. The topological polar surface area (TPSA) is 79.5 Å². The average Bonchev–Trinajstić information content (AvgIpc) is 2.59. The minimum absolute atomic E-state index is 0.121. The molecule has 0 radical (unpaired) electrons. The highest BCUT2D eigenvalue weighted by Crippen LogP contribution is 2.20. The van der Waals surface area contributed by atoms with Gasteiger partial charge in [0.15, 0.2) is 0 Å². The normalized spacial score (nSPS) is 18.2. The van der Waals surface area contributed by atoms with Gasteiger partial charge in [-0.05, 0) is 26.3 Å². The minimum atomic E-state index is -0.662. The molecule has 1 aliphatic rings. The molecular formula is C18H23F2N3O3. The van der Waals surface area contributed by atoms with Gasteiger partial charge in [-0.25, -0.2) is 18.4 Å². The van der Waals surface area contributed by atoms with Crippen LogP contribution in [0.5, 0.6) is 0 Å². The summed E-state index contributed by atoms with van der Waals surface area (Å²) in [7, 11) is 0. The molecule has 0 fully saturated rings. The van der Waals surface area contributed by atoms with E-state index in [9.17, 15) is 18.4 Å². The Morgan fingerprint density at radius 2 is 2.08 bits per heavy atom. The second-order valence-corrected chi connectivity index (χ2v) is 5.94. The van der Waals surface area contributed by atoms with Crippen LogP contribution in [-0.4, -0.2) is 31.2 Å². The van der Waals surface area contributed by atoms with Crippen LogP contribution in [0.3, 0.4) is 0 Å². The molecule has 2 amide bonds. The first kappa shape index (κ1) is 19.8. The molecule has 142 valence electrons.